The second-order valence-corrected chi connectivity index (χ2v) is 4.54. The quantitative estimate of drug-likeness (QED) is 0.494. The Bertz CT molecular complexity index is 1010. The molecule has 0 aliphatic heterocycles. The van der Waals surface area contributed by atoms with Gasteiger partial charge in [0.25, 0.3) is 0 Å². The van der Waals surface area contributed by atoms with Crippen LogP contribution in [0.4, 0.5) is 0 Å². The third-order valence-corrected chi connectivity index (χ3v) is 3.08. The second-order valence-electron chi connectivity index (χ2n) is 4.54. The molecule has 6 heteroatoms. The molecule has 0 atom stereocenters. The van der Waals surface area contributed by atoms with Crippen molar-refractivity contribution in [3.63, 3.8) is 0 Å². The van der Waals surface area contributed by atoms with Gasteiger partial charge in [0, 0.05) is 5.70 Å². The van der Waals surface area contributed by atoms with Crippen LogP contribution in [0.3, 0.4) is 0 Å². The van der Waals surface area contributed by atoms with Crippen molar-refractivity contribution in [2.45, 2.75) is 13.8 Å². The molecule has 2 rings (SSSR count). The minimum absolute atomic E-state index is 0.0344. The molecule has 0 radical (unpaired) electrons. The normalized spacial score (nSPS) is 14.3. The maximum absolute atomic E-state index is 12.4. The molecule has 0 amide bonds. The molecule has 0 aromatic heterocycles. The molecule has 0 fully saturated rings. The highest BCUT2D eigenvalue weighted by Gasteiger charge is 2.11. The molecular weight excluding hydrogens is 260 g/mol. The van der Waals surface area contributed by atoms with E-state index in [0.29, 0.717) is 0 Å². The maximum atomic E-state index is 12.4. The molecule has 0 aromatic rings. The number of aliphatic hydroxyl groups is 1. The van der Waals surface area contributed by atoms with E-state index in [0.717, 1.165) is 12.1 Å². The van der Waals surface area contributed by atoms with Gasteiger partial charge >= 0.3 is 0 Å². The Morgan fingerprint density at radius 2 is 1.60 bits per heavy atom. The van der Waals surface area contributed by atoms with Crippen LogP contribution in [0, 0.1) is 15.8 Å². The maximum Gasteiger partial charge on any atom is 0.200 e. The monoisotopic (exact) mass is 272 g/mol. The number of nitrogens with two attached hydrogens (primary N) is 1. The van der Waals surface area contributed by atoms with E-state index in [1.54, 1.807) is 0 Å². The molecule has 0 heterocycles. The lowest BCUT2D eigenvalue weighted by Gasteiger charge is -1.97. The summed E-state index contributed by atoms with van der Waals surface area (Å²) in [6, 6.07) is 2.22. The second kappa shape index (κ2) is 4.41. The van der Waals surface area contributed by atoms with Crippen LogP contribution in [0.5, 0.6) is 0 Å². The SMILES string of the molecule is CC(O)=c1c(=O)c2c(=N)ccc(=O)c=2c(=O)c1=C(C)N. The van der Waals surface area contributed by atoms with Crippen LogP contribution in [0.1, 0.15) is 13.8 Å². The fourth-order valence-electron chi connectivity index (χ4n) is 2.24. The number of hydrogen-bond acceptors (Lipinski definition) is 6. The van der Waals surface area contributed by atoms with Gasteiger partial charge in [-0.15, -0.1) is 0 Å². The fraction of sp³-hybridized carbons (Fsp3) is 0.143. The lowest BCUT2D eigenvalue weighted by molar-refractivity contribution is 0.497. The Labute approximate surface area is 111 Å². The highest BCUT2D eigenvalue weighted by molar-refractivity contribution is 5.43. The van der Waals surface area contributed by atoms with Gasteiger partial charge in [0.05, 0.1) is 26.2 Å². The molecule has 4 N–H and O–H groups in total. The van der Waals surface area contributed by atoms with Crippen molar-refractivity contribution >= 4 is 11.5 Å². The van der Waals surface area contributed by atoms with Gasteiger partial charge in [-0.3, -0.25) is 14.4 Å². The third-order valence-electron chi connectivity index (χ3n) is 3.08. The van der Waals surface area contributed by atoms with Crippen molar-refractivity contribution in [2.75, 3.05) is 0 Å². The van der Waals surface area contributed by atoms with Crippen molar-refractivity contribution in [1.82, 2.24) is 0 Å². The van der Waals surface area contributed by atoms with Crippen LogP contribution in [0.25, 0.3) is 11.5 Å². The van der Waals surface area contributed by atoms with Gasteiger partial charge in [-0.2, -0.15) is 0 Å². The summed E-state index contributed by atoms with van der Waals surface area (Å²) in [4.78, 5) is 36.6. The Hall–Kier alpha value is -2.76. The Morgan fingerprint density at radius 1 is 1.05 bits per heavy atom. The van der Waals surface area contributed by atoms with Gasteiger partial charge < -0.3 is 16.2 Å². The van der Waals surface area contributed by atoms with Gasteiger partial charge in [-0.25, -0.2) is 0 Å². The van der Waals surface area contributed by atoms with E-state index in [4.69, 9.17) is 11.1 Å². The van der Waals surface area contributed by atoms with Crippen molar-refractivity contribution in [2.24, 2.45) is 5.73 Å². The molecule has 6 nitrogen and oxygen atoms in total. The molecule has 0 aromatic carbocycles. The average Bonchev–Trinajstić information content (AvgIpc) is 2.35. The average molecular weight is 272 g/mol. The van der Waals surface area contributed by atoms with Crippen LogP contribution in [-0.4, -0.2) is 5.11 Å². The zero-order chi connectivity index (χ0) is 15.2. The van der Waals surface area contributed by atoms with E-state index in [1.165, 1.54) is 13.8 Å². The summed E-state index contributed by atoms with van der Waals surface area (Å²) in [6.07, 6.45) is 0. The molecule has 20 heavy (non-hydrogen) atoms. The molecule has 0 saturated carbocycles. The van der Waals surface area contributed by atoms with E-state index in [9.17, 15) is 19.5 Å². The fourth-order valence-corrected chi connectivity index (χ4v) is 2.24. The van der Waals surface area contributed by atoms with Crippen LogP contribution >= 0.6 is 0 Å². The van der Waals surface area contributed by atoms with Gasteiger partial charge in [-0.05, 0) is 26.0 Å². The Morgan fingerprint density at radius 3 is 2.10 bits per heavy atom. The molecule has 2 aliphatic carbocycles. The summed E-state index contributed by atoms with van der Waals surface area (Å²) in [5.41, 5.74) is 3.54. The standard InChI is InChI=1S/C14H12N2O4/c1-5(15)9-10(6(2)17)14(20)11-7(16)3-4-8(18)12(11)13(9)19/h3-4,16-17H,15H2,1-2H3. The first kappa shape index (κ1) is 13.7. The number of hydrogen-bond donors (Lipinski definition) is 3. The van der Waals surface area contributed by atoms with Gasteiger partial charge in [0.2, 0.25) is 0 Å². The van der Waals surface area contributed by atoms with E-state index in [2.05, 4.69) is 0 Å². The topological polar surface area (TPSA) is 121 Å². The summed E-state index contributed by atoms with van der Waals surface area (Å²) < 4.78 is 0. The van der Waals surface area contributed by atoms with Crippen molar-refractivity contribution in [3.8, 4) is 0 Å². The first-order valence-corrected chi connectivity index (χ1v) is 5.79. The number of nitrogens with one attached hydrogen (secondary N) is 1. The Balaban J connectivity index is 3.74. The van der Waals surface area contributed by atoms with Crippen LogP contribution in [0.15, 0.2) is 26.5 Å². The third kappa shape index (κ3) is 1.73. The molecular formula is C14H12N2O4. The summed E-state index contributed by atoms with van der Waals surface area (Å²) in [5, 5.41) is 16.1. The molecule has 0 spiro atoms. The predicted molar refractivity (Wildman–Crippen MR) is 73.0 cm³/mol. The Kier molecular flexibility index (Phi) is 3.01. The first-order valence-electron chi connectivity index (χ1n) is 5.79. The number of rotatable bonds is 0. The zero-order valence-electron chi connectivity index (χ0n) is 10.9. The molecule has 2 aliphatic rings. The van der Waals surface area contributed by atoms with E-state index in [1.807, 2.05) is 0 Å². The lowest BCUT2D eigenvalue weighted by atomic mass is 10.1. The smallest absolute Gasteiger partial charge is 0.200 e. The van der Waals surface area contributed by atoms with Crippen LogP contribution in [-0.2, 0) is 0 Å². The molecule has 0 bridgehead atoms. The highest BCUT2D eigenvalue weighted by atomic mass is 16.3. The summed E-state index contributed by atoms with van der Waals surface area (Å²) >= 11 is 0. The summed E-state index contributed by atoms with van der Waals surface area (Å²) in [5.74, 6) is -0.371. The van der Waals surface area contributed by atoms with Gasteiger partial charge in [-0.1, -0.05) is 0 Å². The zero-order valence-corrected chi connectivity index (χ0v) is 10.9. The van der Waals surface area contributed by atoms with Crippen LogP contribution in [0.2, 0.25) is 0 Å². The van der Waals surface area contributed by atoms with E-state index >= 15 is 0 Å². The van der Waals surface area contributed by atoms with Crippen molar-refractivity contribution in [1.29, 1.82) is 5.41 Å². The molecule has 0 saturated heterocycles. The summed E-state index contributed by atoms with van der Waals surface area (Å²) in [7, 11) is 0. The molecule has 0 unspecified atom stereocenters. The predicted octanol–water partition coefficient (Wildman–Crippen LogP) is -2.38. The molecule has 102 valence electrons. The summed E-state index contributed by atoms with van der Waals surface area (Å²) in [6.45, 7) is 2.66. The highest BCUT2D eigenvalue weighted by Crippen LogP contribution is 1.78. The van der Waals surface area contributed by atoms with Gasteiger partial charge in [0.1, 0.15) is 5.76 Å². The van der Waals surface area contributed by atoms with E-state index < -0.39 is 16.3 Å². The minimum Gasteiger partial charge on any atom is -0.512 e. The van der Waals surface area contributed by atoms with Crippen LogP contribution < -0.4 is 37.8 Å². The van der Waals surface area contributed by atoms with Crippen molar-refractivity contribution in [3.05, 3.63) is 69.0 Å². The van der Waals surface area contributed by atoms with E-state index in [-0.39, 0.29) is 37.7 Å². The minimum atomic E-state index is -0.734. The first-order chi connectivity index (χ1) is 9.27. The van der Waals surface area contributed by atoms with Crippen molar-refractivity contribution < 1.29 is 5.11 Å². The van der Waals surface area contributed by atoms with Gasteiger partial charge in [0.15, 0.2) is 16.3 Å². The number of aliphatic hydroxyl groups excluding tert-OH is 1. The largest absolute Gasteiger partial charge is 0.512 e. The lowest BCUT2D eigenvalue weighted by Crippen LogP contribution is -2.54.